The Balaban J connectivity index is 2.43. The molecule has 0 fully saturated rings. The summed E-state index contributed by atoms with van der Waals surface area (Å²) in [6.45, 7) is 2.05. The number of nitrogens with one attached hydrogen (secondary N) is 1. The van der Waals surface area contributed by atoms with Crippen LogP contribution in [0.2, 0.25) is 0 Å². The summed E-state index contributed by atoms with van der Waals surface area (Å²) in [5.41, 5.74) is 2.27. The predicted octanol–water partition coefficient (Wildman–Crippen LogP) is 1.20. The molecule has 11 heavy (non-hydrogen) atoms. The molecule has 1 atom stereocenters. The molecule has 1 N–H and O–H groups in total. The summed E-state index contributed by atoms with van der Waals surface area (Å²) in [4.78, 5) is 4.21. The molecule has 0 bridgehead atoms. The molecule has 0 saturated heterocycles. The first-order valence-electron chi connectivity index (χ1n) is 3.52. The molecule has 2 nitrogen and oxygen atoms in total. The molecule has 56 valence electrons. The van der Waals surface area contributed by atoms with Gasteiger partial charge >= 0.3 is 0 Å². The lowest BCUT2D eigenvalue weighted by Crippen LogP contribution is -2.31. The minimum atomic E-state index is 0.229. The monoisotopic (exact) mass is 164 g/mol. The summed E-state index contributed by atoms with van der Waals surface area (Å²) < 4.78 is 0. The maximum absolute atomic E-state index is 4.93. The van der Waals surface area contributed by atoms with E-state index < -0.39 is 0 Å². The van der Waals surface area contributed by atoms with Gasteiger partial charge in [-0.1, -0.05) is 18.2 Å². The van der Waals surface area contributed by atoms with Crippen LogP contribution in [0.15, 0.2) is 28.8 Å². The molecule has 3 heteroatoms. The smallest absolute Gasteiger partial charge is 0.193 e. The van der Waals surface area contributed by atoms with Crippen LogP contribution >= 0.6 is 12.2 Å². The molecule has 0 saturated carbocycles. The van der Waals surface area contributed by atoms with Crippen molar-refractivity contribution in [2.75, 3.05) is 0 Å². The van der Waals surface area contributed by atoms with Crippen molar-refractivity contribution in [2.24, 2.45) is 4.99 Å². The number of allylic oxidation sites excluding steroid dienone is 2. The lowest BCUT2D eigenvalue weighted by molar-refractivity contribution is 0.958. The number of hydrogen-bond acceptors (Lipinski definition) is 1. The van der Waals surface area contributed by atoms with E-state index in [4.69, 9.17) is 12.2 Å². The lowest BCUT2D eigenvalue weighted by Gasteiger charge is -2.11. The second-order valence-corrected chi connectivity index (χ2v) is 3.05. The van der Waals surface area contributed by atoms with Crippen molar-refractivity contribution in [3.05, 3.63) is 23.8 Å². The van der Waals surface area contributed by atoms with Crippen LogP contribution in [-0.4, -0.2) is 16.9 Å². The van der Waals surface area contributed by atoms with Crippen LogP contribution in [0.5, 0.6) is 0 Å². The van der Waals surface area contributed by atoms with Gasteiger partial charge in [0, 0.05) is 0 Å². The van der Waals surface area contributed by atoms with Crippen molar-refractivity contribution in [3.8, 4) is 0 Å². The average Bonchev–Trinajstić information content (AvgIpc) is 2.31. The van der Waals surface area contributed by atoms with E-state index in [9.17, 15) is 0 Å². The van der Waals surface area contributed by atoms with Gasteiger partial charge in [0.25, 0.3) is 0 Å². The Kier molecular flexibility index (Phi) is 1.39. The molecular formula is C8H8N2S. The first-order chi connectivity index (χ1) is 5.27. The molecule has 0 aromatic carbocycles. The lowest BCUT2D eigenvalue weighted by atomic mass is 10.0. The van der Waals surface area contributed by atoms with E-state index in [2.05, 4.69) is 16.4 Å². The first kappa shape index (κ1) is 6.73. The van der Waals surface area contributed by atoms with Gasteiger partial charge in [0.15, 0.2) is 5.11 Å². The molecular weight excluding hydrogens is 156 g/mol. The number of thiocarbonyl (C=S) groups is 1. The van der Waals surface area contributed by atoms with E-state index in [0.717, 1.165) is 5.71 Å². The number of rotatable bonds is 0. The van der Waals surface area contributed by atoms with E-state index in [1.54, 1.807) is 0 Å². The Morgan fingerprint density at radius 1 is 1.64 bits per heavy atom. The molecule has 1 aliphatic carbocycles. The molecule has 0 aromatic heterocycles. The van der Waals surface area contributed by atoms with Gasteiger partial charge in [-0.15, -0.1) is 0 Å². The van der Waals surface area contributed by atoms with Crippen LogP contribution < -0.4 is 5.32 Å². The zero-order chi connectivity index (χ0) is 7.84. The minimum absolute atomic E-state index is 0.229. The van der Waals surface area contributed by atoms with Gasteiger partial charge in [-0.05, 0) is 24.7 Å². The maximum Gasteiger partial charge on any atom is 0.193 e. The summed E-state index contributed by atoms with van der Waals surface area (Å²) in [5, 5.41) is 3.69. The van der Waals surface area contributed by atoms with E-state index in [0.29, 0.717) is 5.11 Å². The standard InChI is InChI=1S/C8H8N2S/c1-5-3-2-4-6-7(5)10-8(11)9-6/h2-4,6H,1H3,(H,9,11). The highest BCUT2D eigenvalue weighted by atomic mass is 32.1. The van der Waals surface area contributed by atoms with Crippen molar-refractivity contribution in [1.29, 1.82) is 0 Å². The minimum Gasteiger partial charge on any atom is -0.349 e. The van der Waals surface area contributed by atoms with Crippen LogP contribution in [-0.2, 0) is 0 Å². The first-order valence-corrected chi connectivity index (χ1v) is 3.93. The zero-order valence-electron chi connectivity index (χ0n) is 6.16. The van der Waals surface area contributed by atoms with Gasteiger partial charge in [-0.2, -0.15) is 0 Å². The number of nitrogens with zero attached hydrogens (tertiary/aromatic N) is 1. The van der Waals surface area contributed by atoms with Crippen molar-refractivity contribution in [1.82, 2.24) is 5.32 Å². The Morgan fingerprint density at radius 2 is 2.45 bits per heavy atom. The summed E-state index contributed by atoms with van der Waals surface area (Å²) in [5.74, 6) is 0. The maximum atomic E-state index is 4.93. The fraction of sp³-hybridized carbons (Fsp3) is 0.250. The molecule has 2 rings (SSSR count). The van der Waals surface area contributed by atoms with Crippen molar-refractivity contribution < 1.29 is 0 Å². The van der Waals surface area contributed by atoms with Gasteiger partial charge in [-0.3, -0.25) is 0 Å². The number of aliphatic imine (C=N–C) groups is 1. The average molecular weight is 164 g/mol. The summed E-state index contributed by atoms with van der Waals surface area (Å²) in [6.07, 6.45) is 6.13. The Hall–Kier alpha value is -0.960. The topological polar surface area (TPSA) is 24.4 Å². The molecule has 0 spiro atoms. The van der Waals surface area contributed by atoms with Crippen LogP contribution in [0.1, 0.15) is 6.92 Å². The Morgan fingerprint density at radius 3 is 3.18 bits per heavy atom. The predicted molar refractivity (Wildman–Crippen MR) is 49.9 cm³/mol. The van der Waals surface area contributed by atoms with Gasteiger partial charge in [-0.25, -0.2) is 4.99 Å². The van der Waals surface area contributed by atoms with E-state index >= 15 is 0 Å². The van der Waals surface area contributed by atoms with Gasteiger partial charge in [0.1, 0.15) is 0 Å². The fourth-order valence-corrected chi connectivity index (χ4v) is 1.51. The summed E-state index contributed by atoms with van der Waals surface area (Å²) in [7, 11) is 0. The van der Waals surface area contributed by atoms with E-state index in [1.807, 2.05) is 19.1 Å². The molecule has 1 heterocycles. The van der Waals surface area contributed by atoms with Gasteiger partial charge in [0.05, 0.1) is 11.8 Å². The van der Waals surface area contributed by atoms with Crippen molar-refractivity contribution >= 4 is 23.0 Å². The highest BCUT2D eigenvalue weighted by molar-refractivity contribution is 7.80. The molecule has 0 aromatic rings. The normalized spacial score (nSPS) is 27.4. The van der Waals surface area contributed by atoms with Crippen LogP contribution in [0.4, 0.5) is 0 Å². The Bertz CT molecular complexity index is 299. The van der Waals surface area contributed by atoms with Crippen molar-refractivity contribution in [3.63, 3.8) is 0 Å². The summed E-state index contributed by atoms with van der Waals surface area (Å²) >= 11 is 4.93. The molecule has 1 unspecified atom stereocenters. The van der Waals surface area contributed by atoms with Crippen LogP contribution in [0.25, 0.3) is 0 Å². The van der Waals surface area contributed by atoms with Crippen LogP contribution in [0, 0.1) is 0 Å². The largest absolute Gasteiger partial charge is 0.349 e. The molecule has 1 aliphatic heterocycles. The third-order valence-corrected chi connectivity index (χ3v) is 2.06. The Labute approximate surface area is 70.7 Å². The molecule has 2 aliphatic rings. The quantitative estimate of drug-likeness (QED) is 0.544. The summed E-state index contributed by atoms with van der Waals surface area (Å²) in [6, 6.07) is 0.229. The SMILES string of the molecule is CC1=CC=CC2NC(=S)N=C12. The van der Waals surface area contributed by atoms with E-state index in [1.165, 1.54) is 5.57 Å². The molecule has 0 amide bonds. The van der Waals surface area contributed by atoms with Crippen LogP contribution in [0.3, 0.4) is 0 Å². The third kappa shape index (κ3) is 1.01. The molecule has 0 radical (unpaired) electrons. The second-order valence-electron chi connectivity index (χ2n) is 2.66. The third-order valence-electron chi connectivity index (χ3n) is 1.85. The van der Waals surface area contributed by atoms with Gasteiger partial charge < -0.3 is 5.32 Å². The van der Waals surface area contributed by atoms with E-state index in [-0.39, 0.29) is 6.04 Å². The zero-order valence-corrected chi connectivity index (χ0v) is 6.98. The second kappa shape index (κ2) is 2.27. The number of fused-ring (bicyclic) bond motifs is 1. The number of hydrogen-bond donors (Lipinski definition) is 1. The fourth-order valence-electron chi connectivity index (χ4n) is 1.28. The van der Waals surface area contributed by atoms with Gasteiger partial charge in [0.2, 0.25) is 0 Å². The highest BCUT2D eigenvalue weighted by Crippen LogP contribution is 2.14. The van der Waals surface area contributed by atoms with Crippen molar-refractivity contribution in [2.45, 2.75) is 13.0 Å². The highest BCUT2D eigenvalue weighted by Gasteiger charge is 2.23.